The molecule has 1 aromatic rings. The van der Waals surface area contributed by atoms with E-state index in [2.05, 4.69) is 33.5 Å². The maximum absolute atomic E-state index is 12.2. The van der Waals surface area contributed by atoms with Gasteiger partial charge in [0.05, 0.1) is 0 Å². The van der Waals surface area contributed by atoms with Crippen molar-refractivity contribution in [2.75, 3.05) is 6.54 Å². The molecule has 1 fully saturated rings. The SMILES string of the molecule is Cc1cc(C(=O)NC2CCCNC2C)ccc1Br.Cl. The predicted octanol–water partition coefficient (Wildman–Crippen LogP) is 3.05. The van der Waals surface area contributed by atoms with E-state index in [4.69, 9.17) is 0 Å². The maximum atomic E-state index is 12.2. The van der Waals surface area contributed by atoms with E-state index < -0.39 is 0 Å². The minimum Gasteiger partial charge on any atom is -0.348 e. The molecule has 0 aromatic heterocycles. The molecule has 0 aliphatic carbocycles. The molecule has 3 nitrogen and oxygen atoms in total. The van der Waals surface area contributed by atoms with Gasteiger partial charge in [-0.05, 0) is 57.0 Å². The average molecular weight is 348 g/mol. The van der Waals surface area contributed by atoms with E-state index >= 15 is 0 Å². The summed E-state index contributed by atoms with van der Waals surface area (Å²) in [4.78, 5) is 12.2. The minimum absolute atomic E-state index is 0. The molecule has 0 bridgehead atoms. The minimum atomic E-state index is 0. The third-order valence-corrected chi connectivity index (χ3v) is 4.39. The van der Waals surface area contributed by atoms with Gasteiger partial charge in [-0.1, -0.05) is 15.9 Å². The number of rotatable bonds is 2. The van der Waals surface area contributed by atoms with Gasteiger partial charge in [-0.2, -0.15) is 0 Å². The second-order valence-corrected chi connectivity index (χ2v) is 5.78. The van der Waals surface area contributed by atoms with Crippen molar-refractivity contribution in [3.63, 3.8) is 0 Å². The molecule has 1 saturated heterocycles. The predicted molar refractivity (Wildman–Crippen MR) is 84.1 cm³/mol. The van der Waals surface area contributed by atoms with Gasteiger partial charge in [0.1, 0.15) is 0 Å². The van der Waals surface area contributed by atoms with Crippen molar-refractivity contribution in [3.05, 3.63) is 33.8 Å². The molecular formula is C14H20BrClN2O. The van der Waals surface area contributed by atoms with Crippen molar-refractivity contribution < 1.29 is 4.79 Å². The Morgan fingerprint density at radius 2 is 2.21 bits per heavy atom. The Bertz CT molecular complexity index is 453. The lowest BCUT2D eigenvalue weighted by Crippen LogP contribution is -2.51. The smallest absolute Gasteiger partial charge is 0.251 e. The standard InChI is InChI=1S/C14H19BrN2O.ClH/c1-9-8-11(5-6-12(9)15)14(18)17-13-4-3-7-16-10(13)2;/h5-6,8,10,13,16H,3-4,7H2,1-2H3,(H,17,18);1H. The Hall–Kier alpha value is -0.580. The van der Waals surface area contributed by atoms with Gasteiger partial charge >= 0.3 is 0 Å². The average Bonchev–Trinajstić information content (AvgIpc) is 2.35. The zero-order valence-corrected chi connectivity index (χ0v) is 13.6. The Kier molecular flexibility index (Phi) is 6.30. The number of amides is 1. The van der Waals surface area contributed by atoms with Crippen LogP contribution in [0.25, 0.3) is 0 Å². The van der Waals surface area contributed by atoms with Crippen LogP contribution < -0.4 is 10.6 Å². The van der Waals surface area contributed by atoms with Crippen LogP contribution in [0.5, 0.6) is 0 Å². The molecule has 0 spiro atoms. The number of hydrogen-bond donors (Lipinski definition) is 2. The van der Waals surface area contributed by atoms with Crippen LogP contribution >= 0.6 is 28.3 Å². The summed E-state index contributed by atoms with van der Waals surface area (Å²) in [5, 5.41) is 6.50. The highest BCUT2D eigenvalue weighted by atomic mass is 79.9. The highest BCUT2D eigenvalue weighted by molar-refractivity contribution is 9.10. The van der Waals surface area contributed by atoms with E-state index in [0.29, 0.717) is 6.04 Å². The summed E-state index contributed by atoms with van der Waals surface area (Å²) in [7, 11) is 0. The van der Waals surface area contributed by atoms with E-state index in [0.717, 1.165) is 35.0 Å². The molecule has 19 heavy (non-hydrogen) atoms. The lowest BCUT2D eigenvalue weighted by atomic mass is 9.99. The zero-order valence-electron chi connectivity index (χ0n) is 11.2. The first kappa shape index (κ1) is 16.5. The molecule has 5 heteroatoms. The molecule has 1 heterocycles. The Balaban J connectivity index is 0.00000180. The molecule has 1 aromatic carbocycles. The molecule has 1 aliphatic heterocycles. The summed E-state index contributed by atoms with van der Waals surface area (Å²) < 4.78 is 1.03. The first-order valence-corrected chi connectivity index (χ1v) is 7.17. The topological polar surface area (TPSA) is 41.1 Å². The van der Waals surface area contributed by atoms with Crippen molar-refractivity contribution in [1.29, 1.82) is 0 Å². The van der Waals surface area contributed by atoms with Crippen LogP contribution in [0.3, 0.4) is 0 Å². The van der Waals surface area contributed by atoms with Crippen LogP contribution in [0.2, 0.25) is 0 Å². The van der Waals surface area contributed by atoms with Gasteiger partial charge in [0.2, 0.25) is 0 Å². The van der Waals surface area contributed by atoms with Gasteiger partial charge in [0.25, 0.3) is 5.91 Å². The van der Waals surface area contributed by atoms with Crippen LogP contribution in [-0.4, -0.2) is 24.5 Å². The quantitative estimate of drug-likeness (QED) is 0.863. The summed E-state index contributed by atoms with van der Waals surface area (Å²) in [5.41, 5.74) is 1.81. The number of benzene rings is 1. The van der Waals surface area contributed by atoms with Crippen LogP contribution in [-0.2, 0) is 0 Å². The van der Waals surface area contributed by atoms with Gasteiger partial charge in [-0.3, -0.25) is 4.79 Å². The van der Waals surface area contributed by atoms with E-state index in [-0.39, 0.29) is 24.4 Å². The fraction of sp³-hybridized carbons (Fsp3) is 0.500. The Labute approximate surface area is 129 Å². The summed E-state index contributed by atoms with van der Waals surface area (Å²) in [6.07, 6.45) is 2.17. The third kappa shape index (κ3) is 4.20. The number of halogens is 2. The number of carbonyl (C=O) groups excluding carboxylic acids is 1. The van der Waals surface area contributed by atoms with Gasteiger partial charge in [-0.25, -0.2) is 0 Å². The number of piperidine rings is 1. The largest absolute Gasteiger partial charge is 0.348 e. The van der Waals surface area contributed by atoms with Crippen molar-refractivity contribution in [1.82, 2.24) is 10.6 Å². The van der Waals surface area contributed by atoms with Crippen molar-refractivity contribution >= 4 is 34.2 Å². The maximum Gasteiger partial charge on any atom is 0.251 e. The van der Waals surface area contributed by atoms with E-state index in [9.17, 15) is 4.79 Å². The molecule has 2 N–H and O–H groups in total. The number of aryl methyl sites for hydroxylation is 1. The van der Waals surface area contributed by atoms with Crippen molar-refractivity contribution in [3.8, 4) is 0 Å². The van der Waals surface area contributed by atoms with Crippen LogP contribution in [0, 0.1) is 6.92 Å². The van der Waals surface area contributed by atoms with Gasteiger partial charge < -0.3 is 10.6 Å². The van der Waals surface area contributed by atoms with E-state index in [1.54, 1.807) is 0 Å². The van der Waals surface area contributed by atoms with Crippen LogP contribution in [0.1, 0.15) is 35.7 Å². The number of nitrogens with one attached hydrogen (secondary N) is 2. The molecule has 2 rings (SSSR count). The van der Waals surface area contributed by atoms with Crippen LogP contribution in [0.15, 0.2) is 22.7 Å². The molecule has 2 atom stereocenters. The Morgan fingerprint density at radius 3 is 2.84 bits per heavy atom. The van der Waals surface area contributed by atoms with Gasteiger partial charge in [0, 0.05) is 22.1 Å². The summed E-state index contributed by atoms with van der Waals surface area (Å²) in [6.45, 7) is 5.16. The molecule has 2 unspecified atom stereocenters. The fourth-order valence-electron chi connectivity index (χ4n) is 2.28. The number of carbonyl (C=O) groups is 1. The van der Waals surface area contributed by atoms with Gasteiger partial charge in [-0.15, -0.1) is 12.4 Å². The monoisotopic (exact) mass is 346 g/mol. The summed E-state index contributed by atoms with van der Waals surface area (Å²) in [5.74, 6) is 0.0196. The second kappa shape index (κ2) is 7.27. The molecule has 106 valence electrons. The lowest BCUT2D eigenvalue weighted by Gasteiger charge is -2.30. The fourth-order valence-corrected chi connectivity index (χ4v) is 2.53. The van der Waals surface area contributed by atoms with Crippen molar-refractivity contribution in [2.45, 2.75) is 38.8 Å². The molecule has 1 aliphatic rings. The normalized spacial score (nSPS) is 22.5. The highest BCUT2D eigenvalue weighted by Crippen LogP contribution is 2.17. The molecule has 1 amide bonds. The Morgan fingerprint density at radius 1 is 1.47 bits per heavy atom. The van der Waals surface area contributed by atoms with Gasteiger partial charge in [0.15, 0.2) is 0 Å². The number of hydrogen-bond acceptors (Lipinski definition) is 2. The molecule has 0 radical (unpaired) electrons. The van der Waals surface area contributed by atoms with E-state index in [1.807, 2.05) is 25.1 Å². The second-order valence-electron chi connectivity index (χ2n) is 4.93. The lowest BCUT2D eigenvalue weighted by molar-refractivity contribution is 0.0919. The first-order chi connectivity index (χ1) is 8.58. The highest BCUT2D eigenvalue weighted by Gasteiger charge is 2.22. The first-order valence-electron chi connectivity index (χ1n) is 6.38. The third-order valence-electron chi connectivity index (χ3n) is 3.50. The zero-order chi connectivity index (χ0) is 13.1. The summed E-state index contributed by atoms with van der Waals surface area (Å²) in [6, 6.07) is 6.27. The molecular weight excluding hydrogens is 328 g/mol. The molecule has 0 saturated carbocycles. The summed E-state index contributed by atoms with van der Waals surface area (Å²) >= 11 is 3.44. The van der Waals surface area contributed by atoms with E-state index in [1.165, 1.54) is 0 Å². The van der Waals surface area contributed by atoms with Crippen molar-refractivity contribution in [2.24, 2.45) is 0 Å². The van der Waals surface area contributed by atoms with Crippen LogP contribution in [0.4, 0.5) is 0 Å².